The number of furan rings is 1. The highest BCUT2D eigenvalue weighted by atomic mass is 35.5. The molecule has 1 heterocycles. The zero-order valence-electron chi connectivity index (χ0n) is 12.5. The van der Waals surface area contributed by atoms with E-state index in [1.54, 1.807) is 32.0 Å². The van der Waals surface area contributed by atoms with Gasteiger partial charge in [0.25, 0.3) is 5.91 Å². The molecule has 0 fully saturated rings. The summed E-state index contributed by atoms with van der Waals surface area (Å²) in [5, 5.41) is 12.4. The van der Waals surface area contributed by atoms with Crippen LogP contribution in [0.5, 0.6) is 0 Å². The Kier molecular flexibility index (Phi) is 5.34. The van der Waals surface area contributed by atoms with E-state index in [2.05, 4.69) is 5.32 Å². The number of amides is 1. The predicted molar refractivity (Wildman–Crippen MR) is 87.1 cm³/mol. The summed E-state index contributed by atoms with van der Waals surface area (Å²) >= 11 is 12.1. The Morgan fingerprint density at radius 3 is 2.70 bits per heavy atom. The largest absolute Gasteiger partial charge is 0.481 e. The van der Waals surface area contributed by atoms with Gasteiger partial charge in [-0.2, -0.15) is 0 Å². The second-order valence-corrected chi connectivity index (χ2v) is 5.91. The van der Waals surface area contributed by atoms with E-state index in [-0.39, 0.29) is 17.7 Å². The number of aryl methyl sites for hydroxylation is 1. The van der Waals surface area contributed by atoms with Crippen molar-refractivity contribution in [1.82, 2.24) is 5.32 Å². The molecule has 1 aromatic carbocycles. The molecule has 0 bridgehead atoms. The van der Waals surface area contributed by atoms with Gasteiger partial charge in [-0.05, 0) is 25.5 Å². The Bertz CT molecular complexity index is 755. The Hall–Kier alpha value is -1.98. The molecule has 0 radical (unpaired) electrons. The molecule has 0 saturated heterocycles. The van der Waals surface area contributed by atoms with Crippen molar-refractivity contribution in [3.63, 3.8) is 0 Å². The van der Waals surface area contributed by atoms with Crippen molar-refractivity contribution in [3.8, 4) is 0 Å². The normalized spacial score (nSPS) is 12.0. The highest BCUT2D eigenvalue weighted by Gasteiger charge is 2.23. The third kappa shape index (κ3) is 3.86. The summed E-state index contributed by atoms with van der Waals surface area (Å²) in [7, 11) is 0. The number of nitrogens with one attached hydrogen (secondary N) is 1. The number of hydrogen-bond donors (Lipinski definition) is 2. The van der Waals surface area contributed by atoms with Crippen LogP contribution in [0.2, 0.25) is 10.0 Å². The molecule has 0 aliphatic rings. The molecule has 2 aromatic rings. The van der Waals surface area contributed by atoms with Crippen molar-refractivity contribution in [2.45, 2.75) is 26.3 Å². The minimum Gasteiger partial charge on any atom is -0.481 e. The van der Waals surface area contributed by atoms with E-state index in [9.17, 15) is 9.59 Å². The van der Waals surface area contributed by atoms with E-state index in [1.165, 1.54) is 6.26 Å². The van der Waals surface area contributed by atoms with Gasteiger partial charge in [-0.3, -0.25) is 9.59 Å². The summed E-state index contributed by atoms with van der Waals surface area (Å²) in [6.07, 6.45) is 1.01. The number of halogens is 2. The first kappa shape index (κ1) is 17.4. The van der Waals surface area contributed by atoms with Crippen LogP contribution in [0.25, 0.3) is 0 Å². The SMILES string of the molecule is Cc1coc(CC(=O)O)c1C(=O)NC(C)c1cccc(Cl)c1Cl. The number of benzene rings is 1. The van der Waals surface area contributed by atoms with Crippen LogP contribution in [0, 0.1) is 6.92 Å². The molecule has 0 saturated carbocycles. The second-order valence-electron chi connectivity index (χ2n) is 5.13. The number of aliphatic carboxylic acids is 1. The lowest BCUT2D eigenvalue weighted by molar-refractivity contribution is -0.136. The van der Waals surface area contributed by atoms with Gasteiger partial charge in [-0.25, -0.2) is 0 Å². The van der Waals surface area contributed by atoms with E-state index >= 15 is 0 Å². The van der Waals surface area contributed by atoms with Crippen LogP contribution in [0.1, 0.15) is 40.2 Å². The molecule has 1 amide bonds. The lowest BCUT2D eigenvalue weighted by Gasteiger charge is -2.16. The Morgan fingerprint density at radius 1 is 1.35 bits per heavy atom. The molecule has 0 spiro atoms. The zero-order valence-corrected chi connectivity index (χ0v) is 14.0. The number of carboxylic acids is 1. The molecule has 23 heavy (non-hydrogen) atoms. The summed E-state index contributed by atoms with van der Waals surface area (Å²) in [4.78, 5) is 23.3. The Labute approximate surface area is 143 Å². The smallest absolute Gasteiger partial charge is 0.311 e. The second kappa shape index (κ2) is 7.06. The highest BCUT2D eigenvalue weighted by Crippen LogP contribution is 2.30. The van der Waals surface area contributed by atoms with Crippen LogP contribution in [-0.4, -0.2) is 17.0 Å². The van der Waals surface area contributed by atoms with E-state index in [0.717, 1.165) is 0 Å². The van der Waals surface area contributed by atoms with Gasteiger partial charge in [-0.1, -0.05) is 35.3 Å². The number of carbonyl (C=O) groups is 2. The van der Waals surface area contributed by atoms with Crippen LogP contribution >= 0.6 is 23.2 Å². The van der Waals surface area contributed by atoms with Crippen LogP contribution in [0.4, 0.5) is 0 Å². The van der Waals surface area contributed by atoms with Gasteiger partial charge in [0.05, 0.1) is 27.9 Å². The molecule has 1 aromatic heterocycles. The molecule has 122 valence electrons. The number of carboxylic acid groups (broad SMARTS) is 1. The van der Waals surface area contributed by atoms with Crippen molar-refractivity contribution >= 4 is 35.1 Å². The number of hydrogen-bond acceptors (Lipinski definition) is 3. The minimum atomic E-state index is -1.07. The van der Waals surface area contributed by atoms with Gasteiger partial charge in [0.1, 0.15) is 12.2 Å². The quantitative estimate of drug-likeness (QED) is 0.848. The summed E-state index contributed by atoms with van der Waals surface area (Å²) in [5.74, 6) is -1.37. The van der Waals surface area contributed by atoms with Gasteiger partial charge >= 0.3 is 5.97 Å². The number of carbonyl (C=O) groups excluding carboxylic acids is 1. The van der Waals surface area contributed by atoms with E-state index in [0.29, 0.717) is 21.2 Å². The molecular formula is C16H15Cl2NO4. The van der Waals surface area contributed by atoms with E-state index in [4.69, 9.17) is 32.7 Å². The van der Waals surface area contributed by atoms with Gasteiger partial charge in [0.15, 0.2) is 0 Å². The maximum atomic E-state index is 12.5. The maximum absolute atomic E-state index is 12.5. The van der Waals surface area contributed by atoms with Crippen molar-refractivity contribution in [1.29, 1.82) is 0 Å². The van der Waals surface area contributed by atoms with E-state index < -0.39 is 17.9 Å². The third-order valence-electron chi connectivity index (χ3n) is 3.39. The van der Waals surface area contributed by atoms with Crippen LogP contribution < -0.4 is 5.32 Å². The summed E-state index contributed by atoms with van der Waals surface area (Å²) in [6.45, 7) is 3.45. The summed E-state index contributed by atoms with van der Waals surface area (Å²) < 4.78 is 5.17. The molecule has 1 unspecified atom stereocenters. The average Bonchev–Trinajstić information content (AvgIpc) is 2.81. The monoisotopic (exact) mass is 355 g/mol. The average molecular weight is 356 g/mol. The van der Waals surface area contributed by atoms with Gasteiger partial charge in [-0.15, -0.1) is 0 Å². The first-order valence-electron chi connectivity index (χ1n) is 6.84. The topological polar surface area (TPSA) is 79.5 Å². The lowest BCUT2D eigenvalue weighted by Crippen LogP contribution is -2.28. The minimum absolute atomic E-state index is 0.122. The zero-order chi connectivity index (χ0) is 17.1. The third-order valence-corrected chi connectivity index (χ3v) is 4.22. The lowest BCUT2D eigenvalue weighted by atomic mass is 10.1. The van der Waals surface area contributed by atoms with Crippen molar-refractivity contribution < 1.29 is 19.1 Å². The van der Waals surface area contributed by atoms with Crippen molar-refractivity contribution in [3.05, 3.63) is 57.0 Å². The van der Waals surface area contributed by atoms with Crippen LogP contribution in [0.15, 0.2) is 28.9 Å². The van der Waals surface area contributed by atoms with Gasteiger partial charge in [0.2, 0.25) is 0 Å². The molecule has 1 atom stereocenters. The molecule has 7 heteroatoms. The first-order chi connectivity index (χ1) is 10.8. The predicted octanol–water partition coefficient (Wildman–Crippen LogP) is 4.01. The fourth-order valence-corrected chi connectivity index (χ4v) is 2.74. The molecule has 0 aliphatic carbocycles. The van der Waals surface area contributed by atoms with Gasteiger partial charge < -0.3 is 14.8 Å². The molecular weight excluding hydrogens is 341 g/mol. The summed E-state index contributed by atoms with van der Waals surface area (Å²) in [6, 6.07) is 4.76. The van der Waals surface area contributed by atoms with E-state index in [1.807, 2.05) is 0 Å². The Balaban J connectivity index is 2.24. The van der Waals surface area contributed by atoms with Gasteiger partial charge in [0, 0.05) is 5.56 Å². The number of rotatable bonds is 5. The molecule has 2 N–H and O–H groups in total. The maximum Gasteiger partial charge on any atom is 0.311 e. The van der Waals surface area contributed by atoms with Crippen LogP contribution in [0.3, 0.4) is 0 Å². The fraction of sp³-hybridized carbons (Fsp3) is 0.250. The molecule has 0 aliphatic heterocycles. The van der Waals surface area contributed by atoms with Crippen molar-refractivity contribution in [2.75, 3.05) is 0 Å². The first-order valence-corrected chi connectivity index (χ1v) is 7.60. The Morgan fingerprint density at radius 2 is 2.04 bits per heavy atom. The fourth-order valence-electron chi connectivity index (χ4n) is 2.27. The standard InChI is InChI=1S/C16H15Cl2NO4/c1-8-7-23-12(6-13(20)21)14(8)16(22)19-9(2)10-4-3-5-11(17)15(10)18/h3-5,7,9H,6H2,1-2H3,(H,19,22)(H,20,21). The molecule has 5 nitrogen and oxygen atoms in total. The van der Waals surface area contributed by atoms with Crippen LogP contribution in [-0.2, 0) is 11.2 Å². The highest BCUT2D eigenvalue weighted by molar-refractivity contribution is 6.42. The molecule has 2 rings (SSSR count). The van der Waals surface area contributed by atoms with Crippen molar-refractivity contribution in [2.24, 2.45) is 0 Å². The summed E-state index contributed by atoms with van der Waals surface area (Å²) in [5.41, 5.74) is 1.48.